The van der Waals surface area contributed by atoms with Crippen LogP contribution >= 0.6 is 0 Å². The molecule has 21 heavy (non-hydrogen) atoms. The van der Waals surface area contributed by atoms with E-state index in [0.717, 1.165) is 23.6 Å². The van der Waals surface area contributed by atoms with E-state index < -0.39 is 0 Å². The Kier molecular flexibility index (Phi) is 4.09. The first kappa shape index (κ1) is 14.3. The topological polar surface area (TPSA) is 23.5 Å². The van der Waals surface area contributed by atoms with Crippen molar-refractivity contribution in [2.45, 2.75) is 31.9 Å². The Morgan fingerprint density at radius 1 is 1.05 bits per heavy atom. The molecule has 0 atom stereocenters. The fraction of sp³-hybridized carbons (Fsp3) is 0.368. The molecule has 0 aromatic heterocycles. The van der Waals surface area contributed by atoms with E-state index in [9.17, 15) is 5.11 Å². The van der Waals surface area contributed by atoms with E-state index in [1.54, 1.807) is 0 Å². The first-order valence-electron chi connectivity index (χ1n) is 7.65. The summed E-state index contributed by atoms with van der Waals surface area (Å²) in [6.07, 6.45) is 2.67. The largest absolute Gasteiger partial charge is 0.392 e. The van der Waals surface area contributed by atoms with Gasteiger partial charge in [-0.3, -0.25) is 0 Å². The number of hydrogen-bond acceptors (Lipinski definition) is 2. The minimum atomic E-state index is 0.0843. The number of hydrogen-bond donors (Lipinski definition) is 1. The fourth-order valence-electron chi connectivity index (χ4n) is 2.87. The second-order valence-corrected chi connectivity index (χ2v) is 6.28. The summed E-state index contributed by atoms with van der Waals surface area (Å²) >= 11 is 0. The van der Waals surface area contributed by atoms with Gasteiger partial charge in [0.2, 0.25) is 0 Å². The SMILES string of the molecule is CN(C)Cc1ccc(-c2ccc(C3CC3)cc2)c(CO)c1. The van der Waals surface area contributed by atoms with E-state index in [-0.39, 0.29) is 6.61 Å². The summed E-state index contributed by atoms with van der Waals surface area (Å²) in [7, 11) is 4.12. The smallest absolute Gasteiger partial charge is 0.0687 e. The highest BCUT2D eigenvalue weighted by atomic mass is 16.3. The van der Waals surface area contributed by atoms with Crippen molar-refractivity contribution in [2.24, 2.45) is 0 Å². The van der Waals surface area contributed by atoms with Crippen LogP contribution in [0.15, 0.2) is 42.5 Å². The molecule has 1 saturated carbocycles. The van der Waals surface area contributed by atoms with Crippen molar-refractivity contribution in [2.75, 3.05) is 14.1 Å². The quantitative estimate of drug-likeness (QED) is 0.901. The highest BCUT2D eigenvalue weighted by molar-refractivity contribution is 5.68. The molecule has 0 unspecified atom stereocenters. The minimum absolute atomic E-state index is 0.0843. The number of aliphatic hydroxyl groups is 1. The third-order valence-corrected chi connectivity index (χ3v) is 4.11. The zero-order valence-electron chi connectivity index (χ0n) is 12.8. The predicted octanol–water partition coefficient (Wildman–Crippen LogP) is 3.78. The molecule has 0 heterocycles. The van der Waals surface area contributed by atoms with Gasteiger partial charge >= 0.3 is 0 Å². The molecule has 0 radical (unpaired) electrons. The summed E-state index contributed by atoms with van der Waals surface area (Å²) in [6, 6.07) is 15.3. The maximum Gasteiger partial charge on any atom is 0.0687 e. The van der Waals surface area contributed by atoms with Crippen molar-refractivity contribution in [1.29, 1.82) is 0 Å². The van der Waals surface area contributed by atoms with Crippen LogP contribution in [-0.4, -0.2) is 24.1 Å². The van der Waals surface area contributed by atoms with Gasteiger partial charge in [-0.25, -0.2) is 0 Å². The molecule has 1 N–H and O–H groups in total. The van der Waals surface area contributed by atoms with Crippen LogP contribution < -0.4 is 0 Å². The zero-order valence-corrected chi connectivity index (χ0v) is 12.8. The van der Waals surface area contributed by atoms with E-state index >= 15 is 0 Å². The van der Waals surface area contributed by atoms with Gasteiger partial charge in [0.1, 0.15) is 0 Å². The van der Waals surface area contributed by atoms with Gasteiger partial charge in [0.05, 0.1) is 6.61 Å². The van der Waals surface area contributed by atoms with Gasteiger partial charge < -0.3 is 10.0 Å². The van der Waals surface area contributed by atoms with Crippen LogP contribution in [-0.2, 0) is 13.2 Å². The molecule has 2 nitrogen and oxygen atoms in total. The second-order valence-electron chi connectivity index (χ2n) is 6.28. The van der Waals surface area contributed by atoms with Crippen LogP contribution in [0.2, 0.25) is 0 Å². The average Bonchev–Trinajstić information content (AvgIpc) is 3.31. The minimum Gasteiger partial charge on any atom is -0.392 e. The maximum absolute atomic E-state index is 9.68. The van der Waals surface area contributed by atoms with Crippen LogP contribution in [0, 0.1) is 0 Å². The zero-order chi connectivity index (χ0) is 14.8. The van der Waals surface area contributed by atoms with Gasteiger partial charge in [0.25, 0.3) is 0 Å². The summed E-state index contributed by atoms with van der Waals surface area (Å²) in [5.74, 6) is 0.791. The van der Waals surface area contributed by atoms with Crippen LogP contribution in [0.5, 0.6) is 0 Å². The normalized spacial score (nSPS) is 14.7. The lowest BCUT2D eigenvalue weighted by atomic mass is 9.96. The number of aliphatic hydroxyl groups excluding tert-OH is 1. The maximum atomic E-state index is 9.68. The van der Waals surface area contributed by atoms with Crippen molar-refractivity contribution in [3.05, 3.63) is 59.2 Å². The summed E-state index contributed by atoms with van der Waals surface area (Å²) in [5.41, 5.74) is 6.03. The van der Waals surface area contributed by atoms with Crippen molar-refractivity contribution < 1.29 is 5.11 Å². The standard InChI is InChI=1S/C19H23NO/c1-20(2)12-14-3-10-19(18(11-14)13-21)17-8-6-16(7-9-17)15-4-5-15/h3,6-11,15,21H,4-5,12-13H2,1-2H3. The molecule has 2 heteroatoms. The molecule has 1 aliphatic carbocycles. The van der Waals surface area contributed by atoms with E-state index in [4.69, 9.17) is 0 Å². The molecule has 0 bridgehead atoms. The van der Waals surface area contributed by atoms with E-state index in [1.807, 2.05) is 0 Å². The first-order valence-corrected chi connectivity index (χ1v) is 7.65. The van der Waals surface area contributed by atoms with Gasteiger partial charge in [-0.05, 0) is 60.7 Å². The molecule has 2 aromatic carbocycles. The van der Waals surface area contributed by atoms with Gasteiger partial charge in [-0.15, -0.1) is 0 Å². The highest BCUT2D eigenvalue weighted by Crippen LogP contribution is 2.40. The molecule has 0 saturated heterocycles. The number of rotatable bonds is 5. The van der Waals surface area contributed by atoms with Crippen molar-refractivity contribution in [3.8, 4) is 11.1 Å². The Balaban J connectivity index is 1.89. The molecule has 0 amide bonds. The van der Waals surface area contributed by atoms with Gasteiger partial charge in [-0.2, -0.15) is 0 Å². The average molecular weight is 281 g/mol. The Bertz CT molecular complexity index is 612. The Morgan fingerprint density at radius 3 is 2.33 bits per heavy atom. The lowest BCUT2D eigenvalue weighted by molar-refractivity contribution is 0.282. The molecule has 3 rings (SSSR count). The molecular weight excluding hydrogens is 258 g/mol. The Labute approximate surface area is 127 Å². The second kappa shape index (κ2) is 6.00. The Morgan fingerprint density at radius 2 is 1.76 bits per heavy atom. The number of benzene rings is 2. The van der Waals surface area contributed by atoms with E-state index in [0.29, 0.717) is 0 Å². The third-order valence-electron chi connectivity index (χ3n) is 4.11. The molecule has 1 fully saturated rings. The van der Waals surface area contributed by atoms with Gasteiger partial charge in [0.15, 0.2) is 0 Å². The molecule has 110 valence electrons. The van der Waals surface area contributed by atoms with E-state index in [2.05, 4.69) is 61.5 Å². The van der Waals surface area contributed by atoms with Crippen LogP contribution in [0.1, 0.15) is 35.4 Å². The Hall–Kier alpha value is -1.64. The fourth-order valence-corrected chi connectivity index (χ4v) is 2.87. The van der Waals surface area contributed by atoms with Gasteiger partial charge in [0, 0.05) is 6.54 Å². The van der Waals surface area contributed by atoms with Crippen molar-refractivity contribution in [3.63, 3.8) is 0 Å². The summed E-state index contributed by atoms with van der Waals surface area (Å²) in [4.78, 5) is 2.14. The lowest BCUT2D eigenvalue weighted by Crippen LogP contribution is -2.10. The van der Waals surface area contributed by atoms with Crippen LogP contribution in [0.3, 0.4) is 0 Å². The molecule has 0 spiro atoms. The molecular formula is C19H23NO. The molecule has 1 aliphatic rings. The third kappa shape index (κ3) is 3.34. The molecule has 2 aromatic rings. The molecule has 0 aliphatic heterocycles. The van der Waals surface area contributed by atoms with Crippen molar-refractivity contribution >= 4 is 0 Å². The number of nitrogens with zero attached hydrogens (tertiary/aromatic N) is 1. The van der Waals surface area contributed by atoms with Gasteiger partial charge in [-0.1, -0.05) is 42.5 Å². The van der Waals surface area contributed by atoms with Crippen LogP contribution in [0.25, 0.3) is 11.1 Å². The van der Waals surface area contributed by atoms with E-state index in [1.165, 1.54) is 29.5 Å². The highest BCUT2D eigenvalue weighted by Gasteiger charge is 2.23. The summed E-state index contributed by atoms with van der Waals surface area (Å²) in [6.45, 7) is 0.981. The lowest BCUT2D eigenvalue weighted by Gasteiger charge is -2.14. The summed E-state index contributed by atoms with van der Waals surface area (Å²) in [5, 5.41) is 9.68. The summed E-state index contributed by atoms with van der Waals surface area (Å²) < 4.78 is 0. The van der Waals surface area contributed by atoms with Crippen molar-refractivity contribution in [1.82, 2.24) is 4.90 Å². The monoisotopic (exact) mass is 281 g/mol. The van der Waals surface area contributed by atoms with Crippen LogP contribution in [0.4, 0.5) is 0 Å². The first-order chi connectivity index (χ1) is 10.2. The predicted molar refractivity (Wildman–Crippen MR) is 87.2 cm³/mol.